The average molecular weight is 339 g/mol. The molecule has 9 heteroatoms. The predicted molar refractivity (Wildman–Crippen MR) is 79.8 cm³/mol. The molecule has 1 aromatic rings. The summed E-state index contributed by atoms with van der Waals surface area (Å²) < 4.78 is 10.2. The Bertz CT molecular complexity index is 641. The molecule has 3 N–H and O–H groups in total. The third-order valence-corrected chi connectivity index (χ3v) is 3.45. The Hall–Kier alpha value is -2.33. The van der Waals surface area contributed by atoms with E-state index in [2.05, 4.69) is 0 Å². The Kier molecular flexibility index (Phi) is 5.62. The highest BCUT2D eigenvalue weighted by Crippen LogP contribution is 2.27. The summed E-state index contributed by atoms with van der Waals surface area (Å²) in [6.07, 6.45) is -3.85. The fraction of sp³-hybridized carbons (Fsp3) is 0.400. The highest BCUT2D eigenvalue weighted by molar-refractivity contribution is 5.90. The lowest BCUT2D eigenvalue weighted by Crippen LogP contribution is -2.34. The molecule has 0 spiro atoms. The molecule has 1 heterocycles. The van der Waals surface area contributed by atoms with Gasteiger partial charge in [-0.3, -0.25) is 10.1 Å². The van der Waals surface area contributed by atoms with Crippen molar-refractivity contribution in [1.29, 1.82) is 0 Å². The Morgan fingerprint density at radius 3 is 2.38 bits per heavy atom. The van der Waals surface area contributed by atoms with Crippen LogP contribution in [0, 0.1) is 10.1 Å². The number of aliphatic hydroxyl groups is 3. The summed E-state index contributed by atoms with van der Waals surface area (Å²) in [6, 6.07) is 4.79. The van der Waals surface area contributed by atoms with E-state index < -0.39 is 35.5 Å². The second kappa shape index (κ2) is 7.49. The van der Waals surface area contributed by atoms with Crippen LogP contribution in [-0.4, -0.2) is 50.8 Å². The number of carbonyl (C=O) groups excluding carboxylic acids is 1. The van der Waals surface area contributed by atoms with Crippen LogP contribution in [0.4, 0.5) is 5.69 Å². The molecule has 1 saturated heterocycles. The lowest BCUT2D eigenvalue weighted by molar-refractivity contribution is -0.384. The van der Waals surface area contributed by atoms with Crippen LogP contribution in [0.2, 0.25) is 0 Å². The van der Waals surface area contributed by atoms with Gasteiger partial charge in [-0.1, -0.05) is 6.92 Å². The van der Waals surface area contributed by atoms with Crippen molar-refractivity contribution in [2.75, 3.05) is 0 Å². The minimum Gasteiger partial charge on any atom is -0.425 e. The SMILES string of the molecule is CCC=C(OC(=O)c1ccc([N+](=O)[O-])cc1)[C@H]1OC(O)[C@H](O)[C@@H]1O. The van der Waals surface area contributed by atoms with Crippen LogP contribution < -0.4 is 0 Å². The van der Waals surface area contributed by atoms with Gasteiger partial charge >= 0.3 is 5.97 Å². The van der Waals surface area contributed by atoms with E-state index in [4.69, 9.17) is 9.47 Å². The standard InChI is InChI=1S/C15H17NO8/c1-2-3-10(13-11(17)12(18)15(20)24-13)23-14(19)8-4-6-9(7-5-8)16(21)22/h3-7,11-13,15,17-18,20H,2H2,1H3/t11-,12+,13+,15?/m0/s1. The van der Waals surface area contributed by atoms with Crippen molar-refractivity contribution in [3.63, 3.8) is 0 Å². The number of hydrogen-bond acceptors (Lipinski definition) is 8. The first kappa shape index (κ1) is 18.0. The van der Waals surface area contributed by atoms with Crippen molar-refractivity contribution >= 4 is 11.7 Å². The van der Waals surface area contributed by atoms with Gasteiger partial charge in [-0.05, 0) is 24.6 Å². The number of ether oxygens (including phenoxy) is 2. The monoisotopic (exact) mass is 339 g/mol. The molecule has 1 aliphatic heterocycles. The quantitative estimate of drug-likeness (QED) is 0.305. The van der Waals surface area contributed by atoms with Crippen molar-refractivity contribution in [3.05, 3.63) is 51.8 Å². The summed E-state index contributed by atoms with van der Waals surface area (Å²) in [5.41, 5.74) is -0.104. The lowest BCUT2D eigenvalue weighted by Gasteiger charge is -2.18. The summed E-state index contributed by atoms with van der Waals surface area (Å²) in [6.45, 7) is 1.76. The number of rotatable bonds is 5. The molecular weight excluding hydrogens is 322 g/mol. The van der Waals surface area contributed by atoms with Gasteiger partial charge < -0.3 is 24.8 Å². The molecule has 0 amide bonds. The number of nitro groups is 1. The first-order chi connectivity index (χ1) is 11.3. The zero-order valence-corrected chi connectivity index (χ0v) is 12.7. The molecule has 0 bridgehead atoms. The van der Waals surface area contributed by atoms with Gasteiger partial charge in [-0.15, -0.1) is 0 Å². The van der Waals surface area contributed by atoms with Crippen molar-refractivity contribution < 1.29 is 34.5 Å². The fourth-order valence-corrected chi connectivity index (χ4v) is 2.20. The van der Waals surface area contributed by atoms with E-state index in [1.54, 1.807) is 6.92 Å². The third kappa shape index (κ3) is 3.77. The van der Waals surface area contributed by atoms with E-state index in [1.165, 1.54) is 18.2 Å². The van der Waals surface area contributed by atoms with Crippen LogP contribution in [0.1, 0.15) is 23.7 Å². The molecule has 24 heavy (non-hydrogen) atoms. The molecule has 130 valence electrons. The van der Waals surface area contributed by atoms with Crippen molar-refractivity contribution in [2.45, 2.75) is 37.9 Å². The molecule has 1 aromatic carbocycles. The Morgan fingerprint density at radius 1 is 1.29 bits per heavy atom. The van der Waals surface area contributed by atoms with E-state index in [0.717, 1.165) is 12.1 Å². The smallest absolute Gasteiger partial charge is 0.343 e. The highest BCUT2D eigenvalue weighted by Gasteiger charge is 2.44. The minimum atomic E-state index is -1.59. The Morgan fingerprint density at radius 2 is 1.92 bits per heavy atom. The summed E-state index contributed by atoms with van der Waals surface area (Å²) in [5.74, 6) is -0.861. The van der Waals surface area contributed by atoms with Crippen LogP contribution >= 0.6 is 0 Å². The number of nitrogens with zero attached hydrogens (tertiary/aromatic N) is 1. The van der Waals surface area contributed by atoms with Gasteiger partial charge in [0.1, 0.15) is 24.1 Å². The topological polar surface area (TPSA) is 139 Å². The van der Waals surface area contributed by atoms with Crippen molar-refractivity contribution in [2.24, 2.45) is 0 Å². The number of aliphatic hydroxyl groups excluding tert-OH is 3. The minimum absolute atomic E-state index is 0.0519. The maximum atomic E-state index is 12.1. The predicted octanol–water partition coefficient (Wildman–Crippen LogP) is 0.484. The molecule has 0 radical (unpaired) electrons. The third-order valence-electron chi connectivity index (χ3n) is 3.45. The summed E-state index contributed by atoms with van der Waals surface area (Å²) in [4.78, 5) is 22.2. The second-order valence-electron chi connectivity index (χ2n) is 5.14. The lowest BCUT2D eigenvalue weighted by atomic mass is 10.1. The molecular formula is C15H17NO8. The van der Waals surface area contributed by atoms with Crippen LogP contribution in [0.15, 0.2) is 36.1 Å². The number of hydrogen-bond donors (Lipinski definition) is 3. The van der Waals surface area contributed by atoms with Crippen LogP contribution in [-0.2, 0) is 9.47 Å². The second-order valence-corrected chi connectivity index (χ2v) is 5.14. The first-order valence-corrected chi connectivity index (χ1v) is 7.21. The fourth-order valence-electron chi connectivity index (χ4n) is 2.20. The molecule has 2 rings (SSSR count). The summed E-state index contributed by atoms with van der Waals surface area (Å²) >= 11 is 0. The molecule has 1 unspecified atom stereocenters. The number of allylic oxidation sites excluding steroid dienone is 1. The Labute approximate surface area is 136 Å². The molecule has 0 saturated carbocycles. The van der Waals surface area contributed by atoms with E-state index in [9.17, 15) is 30.2 Å². The van der Waals surface area contributed by atoms with Gasteiger partial charge in [0, 0.05) is 12.1 Å². The van der Waals surface area contributed by atoms with Gasteiger partial charge in [-0.25, -0.2) is 4.79 Å². The van der Waals surface area contributed by atoms with E-state index >= 15 is 0 Å². The molecule has 9 nitrogen and oxygen atoms in total. The molecule has 0 aliphatic carbocycles. The van der Waals surface area contributed by atoms with E-state index in [1.807, 2.05) is 0 Å². The number of nitro benzene ring substituents is 1. The van der Waals surface area contributed by atoms with Crippen LogP contribution in [0.5, 0.6) is 0 Å². The van der Waals surface area contributed by atoms with E-state index in [-0.39, 0.29) is 17.0 Å². The van der Waals surface area contributed by atoms with Gasteiger partial charge in [0.2, 0.25) is 0 Å². The van der Waals surface area contributed by atoms with Gasteiger partial charge in [-0.2, -0.15) is 0 Å². The maximum Gasteiger partial charge on any atom is 0.343 e. The number of esters is 1. The van der Waals surface area contributed by atoms with Crippen molar-refractivity contribution in [3.8, 4) is 0 Å². The van der Waals surface area contributed by atoms with E-state index in [0.29, 0.717) is 6.42 Å². The number of non-ortho nitro benzene ring substituents is 1. The molecule has 4 atom stereocenters. The summed E-state index contributed by atoms with van der Waals surface area (Å²) in [5, 5.41) is 39.4. The molecule has 1 aliphatic rings. The van der Waals surface area contributed by atoms with Gasteiger partial charge in [0.05, 0.1) is 10.5 Å². The number of benzene rings is 1. The number of carbonyl (C=O) groups is 1. The molecule has 1 fully saturated rings. The van der Waals surface area contributed by atoms with Crippen LogP contribution in [0.3, 0.4) is 0 Å². The first-order valence-electron chi connectivity index (χ1n) is 7.21. The zero-order chi connectivity index (χ0) is 17.9. The zero-order valence-electron chi connectivity index (χ0n) is 12.7. The summed E-state index contributed by atoms with van der Waals surface area (Å²) in [7, 11) is 0. The maximum absolute atomic E-state index is 12.1. The van der Waals surface area contributed by atoms with Gasteiger partial charge in [0.25, 0.3) is 5.69 Å². The Balaban J connectivity index is 2.14. The molecule has 0 aromatic heterocycles. The highest BCUT2D eigenvalue weighted by atomic mass is 16.7. The van der Waals surface area contributed by atoms with Crippen LogP contribution in [0.25, 0.3) is 0 Å². The van der Waals surface area contributed by atoms with Crippen molar-refractivity contribution in [1.82, 2.24) is 0 Å². The average Bonchev–Trinajstić information content (AvgIpc) is 2.82. The van der Waals surface area contributed by atoms with Gasteiger partial charge in [0.15, 0.2) is 6.29 Å². The normalized spacial score (nSPS) is 27.1. The largest absolute Gasteiger partial charge is 0.425 e.